The largest absolute Gasteiger partial charge is 0.344 e. The fourth-order valence-corrected chi connectivity index (χ4v) is 6.54. The van der Waals surface area contributed by atoms with Crippen molar-refractivity contribution in [3.8, 4) is 0 Å². The highest BCUT2D eigenvalue weighted by atomic mass is 32.2. The molecule has 5 rings (SSSR count). The van der Waals surface area contributed by atoms with Gasteiger partial charge in [0.05, 0.1) is 0 Å². The zero-order chi connectivity index (χ0) is 26.2. The number of aromatic nitrogens is 1. The molecule has 1 aromatic heterocycles. The van der Waals surface area contributed by atoms with Crippen molar-refractivity contribution in [2.75, 3.05) is 19.6 Å². The first kappa shape index (κ1) is 27.0. The summed E-state index contributed by atoms with van der Waals surface area (Å²) in [5.74, 6) is 0.172. The summed E-state index contributed by atoms with van der Waals surface area (Å²) in [5, 5.41) is 5.10. The van der Waals surface area contributed by atoms with E-state index in [0.29, 0.717) is 12.0 Å². The van der Waals surface area contributed by atoms with Gasteiger partial charge in [-0.2, -0.15) is 0 Å². The molecule has 3 aromatic carbocycles. The topological polar surface area (TPSA) is 29.0 Å². The van der Waals surface area contributed by atoms with E-state index in [-0.39, 0.29) is 5.82 Å². The Hall–Kier alpha value is -2.60. The number of nitrogens with one attached hydrogen (secondary N) is 2. The second kappa shape index (κ2) is 13.5. The predicted octanol–water partition coefficient (Wildman–Crippen LogP) is 8.39. The maximum atomic E-state index is 13.1. The van der Waals surface area contributed by atoms with Crippen LogP contribution < -0.4 is 10.0 Å². The number of hydrogen-bond donors (Lipinski definition) is 2. The van der Waals surface area contributed by atoms with Crippen LogP contribution in [0.15, 0.2) is 83.9 Å². The van der Waals surface area contributed by atoms with Crippen LogP contribution in [0.3, 0.4) is 0 Å². The number of halogens is 1. The monoisotopic (exact) mass is 529 g/mol. The Morgan fingerprint density at radius 3 is 2.55 bits per heavy atom. The Labute approximate surface area is 231 Å². The second-order valence-corrected chi connectivity index (χ2v) is 11.6. The van der Waals surface area contributed by atoms with Gasteiger partial charge in [0, 0.05) is 40.5 Å². The van der Waals surface area contributed by atoms with Gasteiger partial charge in [-0.05, 0) is 99.1 Å². The van der Waals surface area contributed by atoms with Crippen molar-refractivity contribution in [1.29, 1.82) is 0 Å². The Morgan fingerprint density at radius 1 is 0.921 bits per heavy atom. The van der Waals surface area contributed by atoms with Gasteiger partial charge in [-0.15, -0.1) is 0 Å². The lowest BCUT2D eigenvalue weighted by Crippen LogP contribution is -2.22. The highest BCUT2D eigenvalue weighted by Crippen LogP contribution is 2.38. The van der Waals surface area contributed by atoms with E-state index >= 15 is 0 Å². The molecule has 1 heterocycles. The average Bonchev–Trinajstić information content (AvgIpc) is 3.33. The van der Waals surface area contributed by atoms with Crippen molar-refractivity contribution in [2.45, 2.75) is 68.7 Å². The number of benzene rings is 3. The molecule has 1 aliphatic carbocycles. The Kier molecular flexibility index (Phi) is 9.56. The third-order valence-electron chi connectivity index (χ3n) is 7.81. The summed E-state index contributed by atoms with van der Waals surface area (Å²) in [5.41, 5.74) is 5.59. The van der Waals surface area contributed by atoms with Gasteiger partial charge in [0.1, 0.15) is 5.82 Å². The maximum absolute atomic E-state index is 13.1. The highest BCUT2D eigenvalue weighted by molar-refractivity contribution is 7.97. The van der Waals surface area contributed by atoms with Crippen LogP contribution in [-0.4, -0.2) is 24.2 Å². The minimum Gasteiger partial charge on any atom is -0.344 e. The van der Waals surface area contributed by atoms with Gasteiger partial charge in [0.25, 0.3) is 0 Å². The lowest BCUT2D eigenvalue weighted by molar-refractivity contribution is 0.360. The first-order valence-electron chi connectivity index (χ1n) is 14.2. The molecule has 3 nitrogen and oxygen atoms in total. The first-order valence-corrected chi connectivity index (χ1v) is 15.0. The molecule has 0 saturated heterocycles. The van der Waals surface area contributed by atoms with Crippen LogP contribution >= 0.6 is 11.9 Å². The van der Waals surface area contributed by atoms with E-state index in [0.717, 1.165) is 37.4 Å². The molecular formula is C33H40FN3S. The average molecular weight is 530 g/mol. The van der Waals surface area contributed by atoms with E-state index in [1.807, 2.05) is 12.1 Å². The quantitative estimate of drug-likeness (QED) is 0.143. The Bertz CT molecular complexity index is 1290. The molecule has 0 aliphatic heterocycles. The fraction of sp³-hybridized carbons (Fsp3) is 0.394. The van der Waals surface area contributed by atoms with E-state index in [4.69, 9.17) is 0 Å². The first-order chi connectivity index (χ1) is 18.7. The van der Waals surface area contributed by atoms with Crippen LogP contribution in [0.4, 0.5) is 4.39 Å². The molecule has 1 atom stereocenters. The SMILES string of the molecule is Cc1cccc(C(CCNCCCNSc2ccc(F)cc2)c2cn(C3CCCCC3)c3ccccc23)c1. The third kappa shape index (κ3) is 6.88. The van der Waals surface area contributed by atoms with E-state index < -0.39 is 0 Å². The fourth-order valence-electron chi connectivity index (χ4n) is 5.85. The number of aryl methyl sites for hydroxylation is 1. The van der Waals surface area contributed by atoms with Crippen LogP contribution in [0.1, 0.15) is 73.6 Å². The summed E-state index contributed by atoms with van der Waals surface area (Å²) < 4.78 is 19.1. The molecule has 0 amide bonds. The predicted molar refractivity (Wildman–Crippen MR) is 159 cm³/mol. The summed E-state index contributed by atoms with van der Waals surface area (Å²) in [4.78, 5) is 1.03. The molecule has 1 unspecified atom stereocenters. The van der Waals surface area contributed by atoms with Crippen LogP contribution in [0.5, 0.6) is 0 Å². The van der Waals surface area contributed by atoms with E-state index in [9.17, 15) is 4.39 Å². The number of nitrogens with zero attached hydrogens (tertiary/aromatic N) is 1. The minimum atomic E-state index is -0.193. The van der Waals surface area contributed by atoms with Crippen molar-refractivity contribution in [2.24, 2.45) is 0 Å². The van der Waals surface area contributed by atoms with Crippen molar-refractivity contribution in [3.05, 3.63) is 102 Å². The van der Waals surface area contributed by atoms with Crippen molar-refractivity contribution >= 4 is 22.9 Å². The molecule has 38 heavy (non-hydrogen) atoms. The van der Waals surface area contributed by atoms with E-state index in [1.165, 1.54) is 71.8 Å². The molecule has 0 bridgehead atoms. The van der Waals surface area contributed by atoms with Gasteiger partial charge in [-0.1, -0.05) is 67.3 Å². The molecular weight excluding hydrogens is 489 g/mol. The van der Waals surface area contributed by atoms with Crippen molar-refractivity contribution in [3.63, 3.8) is 0 Å². The molecule has 1 aliphatic rings. The second-order valence-electron chi connectivity index (χ2n) is 10.6. The van der Waals surface area contributed by atoms with Gasteiger partial charge >= 0.3 is 0 Å². The highest BCUT2D eigenvalue weighted by Gasteiger charge is 2.23. The van der Waals surface area contributed by atoms with Gasteiger partial charge in [0.2, 0.25) is 0 Å². The smallest absolute Gasteiger partial charge is 0.123 e. The summed E-state index contributed by atoms with van der Waals surface area (Å²) in [7, 11) is 0. The molecule has 0 spiro atoms. The Morgan fingerprint density at radius 2 is 1.74 bits per heavy atom. The summed E-state index contributed by atoms with van der Waals surface area (Å²) >= 11 is 1.56. The minimum absolute atomic E-state index is 0.193. The van der Waals surface area contributed by atoms with Crippen molar-refractivity contribution in [1.82, 2.24) is 14.6 Å². The van der Waals surface area contributed by atoms with Crippen LogP contribution in [0.2, 0.25) is 0 Å². The van der Waals surface area contributed by atoms with E-state index in [1.54, 1.807) is 11.9 Å². The molecule has 2 N–H and O–H groups in total. The summed E-state index contributed by atoms with van der Waals surface area (Å²) in [6.45, 7) is 5.06. The molecule has 4 aromatic rings. The Balaban J connectivity index is 1.23. The third-order valence-corrected chi connectivity index (χ3v) is 8.66. The lowest BCUT2D eigenvalue weighted by atomic mass is 9.87. The number of rotatable bonds is 12. The number of hydrogen-bond acceptors (Lipinski definition) is 3. The molecule has 1 saturated carbocycles. The molecule has 0 radical (unpaired) electrons. The van der Waals surface area contributed by atoms with Gasteiger partial charge in [-0.25, -0.2) is 4.39 Å². The zero-order valence-corrected chi connectivity index (χ0v) is 23.3. The normalized spacial score (nSPS) is 15.2. The van der Waals surface area contributed by atoms with Crippen LogP contribution in [0, 0.1) is 12.7 Å². The van der Waals surface area contributed by atoms with E-state index in [2.05, 4.69) is 76.3 Å². The van der Waals surface area contributed by atoms with Crippen LogP contribution in [-0.2, 0) is 0 Å². The van der Waals surface area contributed by atoms with Gasteiger partial charge < -0.3 is 9.88 Å². The maximum Gasteiger partial charge on any atom is 0.123 e. The zero-order valence-electron chi connectivity index (χ0n) is 22.5. The van der Waals surface area contributed by atoms with Crippen molar-refractivity contribution < 1.29 is 4.39 Å². The summed E-state index contributed by atoms with van der Waals surface area (Å²) in [6.07, 6.45) is 11.3. The van der Waals surface area contributed by atoms with Gasteiger partial charge in [-0.3, -0.25) is 4.72 Å². The number of para-hydroxylation sites is 1. The molecule has 1 fully saturated rings. The number of fused-ring (bicyclic) bond motifs is 1. The summed E-state index contributed by atoms with van der Waals surface area (Å²) in [6, 6.07) is 25.3. The van der Waals surface area contributed by atoms with Gasteiger partial charge in [0.15, 0.2) is 0 Å². The standard InChI is InChI=1S/C33H40FN3S/c1-25-9-7-10-26(23-25)30(19-22-35-20-8-21-36-38-29-17-15-27(34)16-18-29)32-24-37(28-11-3-2-4-12-28)33-14-6-5-13-31(32)33/h5-7,9-10,13-18,23-24,28,30,35-36H,2-4,8,11-12,19-22H2,1H3. The lowest BCUT2D eigenvalue weighted by Gasteiger charge is -2.24. The molecule has 5 heteroatoms. The van der Waals surface area contributed by atoms with Crippen LogP contribution in [0.25, 0.3) is 10.9 Å². The molecule has 200 valence electrons.